The first-order valence-electron chi connectivity index (χ1n) is 11.3. The fraction of sp³-hybridized carbons (Fsp3) is 0.222. The highest BCUT2D eigenvalue weighted by atomic mass is 35.5. The minimum atomic E-state index is -0.927. The number of ether oxygens (including phenoxy) is 2. The number of hydrogen-bond donors (Lipinski definition) is 4. The molecule has 3 aromatic carbocycles. The number of aromatic amines is 1. The number of benzene rings is 3. The summed E-state index contributed by atoms with van der Waals surface area (Å²) in [5, 5.41) is 23.1. The number of fused-ring (bicyclic) bond motifs is 1. The Labute approximate surface area is 208 Å². The molecule has 7 nitrogen and oxygen atoms in total. The molecular formula is C27H26ClN3O4. The van der Waals surface area contributed by atoms with E-state index in [0.717, 1.165) is 39.0 Å². The number of imidazole rings is 1. The van der Waals surface area contributed by atoms with Crippen molar-refractivity contribution in [2.75, 3.05) is 20.3 Å². The van der Waals surface area contributed by atoms with Crippen LogP contribution in [0.25, 0.3) is 39.0 Å². The van der Waals surface area contributed by atoms with E-state index in [-0.39, 0.29) is 19.2 Å². The number of hydrogen-bond acceptors (Lipinski definition) is 6. The number of aromatic nitrogens is 2. The van der Waals surface area contributed by atoms with E-state index in [4.69, 9.17) is 21.1 Å². The van der Waals surface area contributed by atoms with Gasteiger partial charge in [-0.3, -0.25) is 0 Å². The van der Waals surface area contributed by atoms with Gasteiger partial charge in [0.05, 0.1) is 29.3 Å². The molecule has 1 unspecified atom stereocenters. The summed E-state index contributed by atoms with van der Waals surface area (Å²) >= 11 is 6.61. The van der Waals surface area contributed by atoms with Gasteiger partial charge >= 0.3 is 0 Å². The van der Waals surface area contributed by atoms with Crippen LogP contribution in [0, 0.1) is 0 Å². The van der Waals surface area contributed by atoms with E-state index >= 15 is 0 Å². The summed E-state index contributed by atoms with van der Waals surface area (Å²) in [4.78, 5) is 7.59. The molecule has 0 bridgehead atoms. The van der Waals surface area contributed by atoms with Crippen molar-refractivity contribution in [2.45, 2.75) is 18.3 Å². The van der Waals surface area contributed by atoms with Crippen LogP contribution in [-0.4, -0.2) is 58.8 Å². The summed E-state index contributed by atoms with van der Waals surface area (Å²) in [6.45, 7) is 3.90. The molecule has 1 saturated heterocycles. The summed E-state index contributed by atoms with van der Waals surface area (Å²) in [5.41, 5.74) is 7.38. The van der Waals surface area contributed by atoms with Crippen LogP contribution in [0.5, 0.6) is 6.01 Å². The molecular weight excluding hydrogens is 466 g/mol. The number of rotatable bonds is 7. The maximum absolute atomic E-state index is 10.2. The van der Waals surface area contributed by atoms with E-state index in [2.05, 4.69) is 46.1 Å². The van der Waals surface area contributed by atoms with Crippen molar-refractivity contribution in [1.82, 2.24) is 15.3 Å². The van der Waals surface area contributed by atoms with Crippen LogP contribution in [0.3, 0.4) is 0 Å². The lowest BCUT2D eigenvalue weighted by Gasteiger charge is -2.15. The molecule has 1 aliphatic rings. The van der Waals surface area contributed by atoms with Crippen molar-refractivity contribution in [3.63, 3.8) is 0 Å². The van der Waals surface area contributed by atoms with Crippen LogP contribution in [0.15, 0.2) is 67.2 Å². The van der Waals surface area contributed by atoms with E-state index in [1.54, 1.807) is 0 Å². The van der Waals surface area contributed by atoms with Crippen LogP contribution >= 0.6 is 11.6 Å². The third-order valence-electron chi connectivity index (χ3n) is 6.29. The SMILES string of the molecule is C=C(NC)c1ccc(-c2ccc(-c3cc4nc(OC5CO[C@H](CO)[C@H]5O)[nH]c4cc3Cl)cc2)cc1. The third kappa shape index (κ3) is 4.63. The Hall–Kier alpha value is -3.36. The number of nitrogens with zero attached hydrogens (tertiary/aromatic N) is 1. The maximum Gasteiger partial charge on any atom is 0.295 e. The standard InChI is InChI=1S/C27H26ClN3O4/c1-15(29-2)16-3-5-17(6-4-16)18-7-9-19(10-8-18)20-11-22-23(12-21(20)28)31-27(30-22)35-25-14-34-24(13-32)26(25)33/h3-12,24-26,29,32-33H,1,13-14H2,2H3,(H,30,31)/t24-,25?,26-/m1/s1. The highest BCUT2D eigenvalue weighted by Gasteiger charge is 2.37. The Balaban J connectivity index is 1.36. The smallest absolute Gasteiger partial charge is 0.295 e. The van der Waals surface area contributed by atoms with Crippen LogP contribution in [0.1, 0.15) is 5.56 Å². The van der Waals surface area contributed by atoms with Gasteiger partial charge in [-0.1, -0.05) is 66.7 Å². The fourth-order valence-corrected chi connectivity index (χ4v) is 4.47. The van der Waals surface area contributed by atoms with Gasteiger partial charge in [-0.25, -0.2) is 0 Å². The molecule has 4 aromatic rings. The summed E-state index contributed by atoms with van der Waals surface area (Å²) < 4.78 is 11.1. The van der Waals surface area contributed by atoms with Crippen LogP contribution < -0.4 is 10.1 Å². The zero-order valence-corrected chi connectivity index (χ0v) is 19.9. The molecule has 5 rings (SSSR count). The first-order chi connectivity index (χ1) is 17.0. The van der Waals surface area contributed by atoms with Crippen molar-refractivity contribution in [3.8, 4) is 28.3 Å². The van der Waals surface area contributed by atoms with Gasteiger partial charge in [-0.2, -0.15) is 4.98 Å². The normalized spacial score (nSPS) is 19.7. The predicted molar refractivity (Wildman–Crippen MR) is 137 cm³/mol. The Morgan fingerprint density at radius 1 is 1.14 bits per heavy atom. The Bertz CT molecular complexity index is 1350. The number of aliphatic hydroxyl groups is 2. The lowest BCUT2D eigenvalue weighted by Crippen LogP contribution is -2.36. The molecule has 1 aliphatic heterocycles. The second kappa shape index (κ2) is 9.71. The van der Waals surface area contributed by atoms with Crippen molar-refractivity contribution in [1.29, 1.82) is 0 Å². The first-order valence-corrected chi connectivity index (χ1v) is 11.7. The van der Waals surface area contributed by atoms with Crippen molar-refractivity contribution >= 4 is 28.3 Å². The summed E-state index contributed by atoms with van der Waals surface area (Å²) in [7, 11) is 1.86. The fourth-order valence-electron chi connectivity index (χ4n) is 4.20. The zero-order valence-electron chi connectivity index (χ0n) is 19.2. The number of H-pyrrole nitrogens is 1. The number of aliphatic hydroxyl groups excluding tert-OH is 2. The van der Waals surface area contributed by atoms with E-state index < -0.39 is 18.3 Å². The largest absolute Gasteiger partial charge is 0.456 e. The topological polar surface area (TPSA) is 99.6 Å². The molecule has 0 aliphatic carbocycles. The lowest BCUT2D eigenvalue weighted by atomic mass is 9.99. The van der Waals surface area contributed by atoms with Gasteiger partial charge in [-0.15, -0.1) is 0 Å². The monoisotopic (exact) mass is 491 g/mol. The third-order valence-corrected chi connectivity index (χ3v) is 6.61. The number of halogens is 1. The quantitative estimate of drug-likeness (QED) is 0.308. The molecule has 180 valence electrons. The predicted octanol–water partition coefficient (Wildman–Crippen LogP) is 4.24. The Morgan fingerprint density at radius 2 is 1.80 bits per heavy atom. The van der Waals surface area contributed by atoms with Crippen LogP contribution in [0.4, 0.5) is 0 Å². The second-order valence-corrected chi connectivity index (χ2v) is 8.88. The molecule has 1 aromatic heterocycles. The van der Waals surface area contributed by atoms with E-state index in [1.807, 2.05) is 43.4 Å². The molecule has 8 heteroatoms. The molecule has 0 spiro atoms. The van der Waals surface area contributed by atoms with Crippen LogP contribution in [-0.2, 0) is 4.74 Å². The van der Waals surface area contributed by atoms with Crippen molar-refractivity contribution in [2.24, 2.45) is 0 Å². The minimum absolute atomic E-state index is 0.175. The van der Waals surface area contributed by atoms with Crippen molar-refractivity contribution in [3.05, 3.63) is 77.8 Å². The Kier molecular flexibility index (Phi) is 6.49. The number of nitrogens with one attached hydrogen (secondary N) is 2. The minimum Gasteiger partial charge on any atom is -0.456 e. The highest BCUT2D eigenvalue weighted by molar-refractivity contribution is 6.34. The average Bonchev–Trinajstić information content (AvgIpc) is 3.45. The molecule has 4 N–H and O–H groups in total. The van der Waals surface area contributed by atoms with Gasteiger partial charge < -0.3 is 30.0 Å². The summed E-state index contributed by atoms with van der Waals surface area (Å²) in [6.07, 6.45) is -2.19. The van der Waals surface area contributed by atoms with Crippen LogP contribution in [0.2, 0.25) is 5.02 Å². The molecule has 0 amide bonds. The Morgan fingerprint density at radius 3 is 2.43 bits per heavy atom. The molecule has 2 heterocycles. The molecule has 0 radical (unpaired) electrons. The van der Waals surface area contributed by atoms with Crippen molar-refractivity contribution < 1.29 is 19.7 Å². The van der Waals surface area contributed by atoms with Gasteiger partial charge in [0.15, 0.2) is 6.10 Å². The van der Waals surface area contributed by atoms with Gasteiger partial charge in [0, 0.05) is 18.3 Å². The molecule has 3 atom stereocenters. The van der Waals surface area contributed by atoms with Gasteiger partial charge in [0.25, 0.3) is 6.01 Å². The van der Waals surface area contributed by atoms with Gasteiger partial charge in [0.1, 0.15) is 12.2 Å². The lowest BCUT2D eigenvalue weighted by molar-refractivity contribution is -0.00390. The summed E-state index contributed by atoms with van der Waals surface area (Å²) in [5.74, 6) is 0. The molecule has 35 heavy (non-hydrogen) atoms. The average molecular weight is 492 g/mol. The van der Waals surface area contributed by atoms with E-state index in [0.29, 0.717) is 10.5 Å². The van der Waals surface area contributed by atoms with Gasteiger partial charge in [-0.05, 0) is 34.4 Å². The first kappa shape index (κ1) is 23.4. The van der Waals surface area contributed by atoms with E-state index in [1.165, 1.54) is 0 Å². The highest BCUT2D eigenvalue weighted by Crippen LogP contribution is 2.34. The van der Waals surface area contributed by atoms with E-state index in [9.17, 15) is 10.2 Å². The maximum atomic E-state index is 10.2. The molecule has 1 fully saturated rings. The summed E-state index contributed by atoms with van der Waals surface area (Å²) in [6, 6.07) is 20.4. The molecule has 0 saturated carbocycles. The van der Waals surface area contributed by atoms with Gasteiger partial charge in [0.2, 0.25) is 0 Å². The second-order valence-electron chi connectivity index (χ2n) is 8.48. The zero-order chi connectivity index (χ0) is 24.5.